The van der Waals surface area contributed by atoms with Crippen molar-refractivity contribution in [3.05, 3.63) is 0 Å². The van der Waals surface area contributed by atoms with E-state index < -0.39 is 5.97 Å². The third-order valence-corrected chi connectivity index (χ3v) is 0. The maximum Gasteiger partial charge on any atom is 3.00 e. The molecule has 44 valence electrons. The van der Waals surface area contributed by atoms with Gasteiger partial charge in [0.2, 0.25) is 0 Å². The summed E-state index contributed by atoms with van der Waals surface area (Å²) in [5.74, 6) is -0.833. The van der Waals surface area contributed by atoms with E-state index in [1.165, 1.54) is 0 Å². The summed E-state index contributed by atoms with van der Waals surface area (Å²) in [7, 11) is 0. The second kappa shape index (κ2) is 9.18. The molecule has 0 aromatic rings. The monoisotopic (exact) mass is 253 g/mol. The Balaban J connectivity index is -0.0000000450. The Morgan fingerprint density at radius 3 is 1.67 bits per heavy atom. The van der Waals surface area contributed by atoms with Gasteiger partial charge < -0.3 is 10.6 Å². The van der Waals surface area contributed by atoms with Crippen LogP contribution in [-0.2, 0) is 4.79 Å². The first-order chi connectivity index (χ1) is 1.73. The van der Waals surface area contributed by atoms with Crippen molar-refractivity contribution in [1.82, 2.24) is 0 Å². The Hall–Kier alpha value is 0.664. The summed E-state index contributed by atoms with van der Waals surface area (Å²) in [5, 5.41) is 7.42. The number of carboxylic acid groups (broad SMARTS) is 1. The maximum absolute atomic E-state index is 9.00. The van der Waals surface area contributed by atoms with Crippen molar-refractivity contribution in [1.29, 1.82) is 0 Å². The van der Waals surface area contributed by atoms with Crippen LogP contribution in [0.3, 0.4) is 0 Å². The minimum Gasteiger partial charge on any atom is -0.481 e. The number of aliphatic carboxylic acids is 1. The van der Waals surface area contributed by atoms with Crippen LogP contribution in [0.5, 0.6) is 0 Å². The summed E-state index contributed by atoms with van der Waals surface area (Å²) < 4.78 is 0. The normalized spacial score (nSPS) is 4.17. The van der Waals surface area contributed by atoms with Gasteiger partial charge in [0.05, 0.1) is 0 Å². The van der Waals surface area contributed by atoms with E-state index in [0.29, 0.717) is 0 Å². The van der Waals surface area contributed by atoms with Crippen LogP contribution in [0, 0.1) is 36.9 Å². The molecular formula is C2H6LuO3+3. The number of carboxylic acids is 1. The zero-order valence-electron chi connectivity index (χ0n) is 3.11. The smallest absolute Gasteiger partial charge is 0.481 e. The molecule has 0 radical (unpaired) electrons. The molecule has 6 heavy (non-hydrogen) atoms. The van der Waals surface area contributed by atoms with Crippen molar-refractivity contribution < 1.29 is 52.3 Å². The molecule has 0 saturated carbocycles. The predicted octanol–water partition coefficient (Wildman–Crippen LogP) is -0.734. The van der Waals surface area contributed by atoms with Gasteiger partial charge in [-0.05, 0) is 0 Å². The number of carbonyl (C=O) groups is 1. The van der Waals surface area contributed by atoms with Crippen LogP contribution in [0.25, 0.3) is 0 Å². The van der Waals surface area contributed by atoms with Crippen LogP contribution >= 0.6 is 0 Å². The molecule has 0 atom stereocenters. The zero-order chi connectivity index (χ0) is 3.58. The van der Waals surface area contributed by atoms with Gasteiger partial charge in [-0.1, -0.05) is 0 Å². The molecule has 0 amide bonds. The number of rotatable bonds is 0. The molecule has 4 heteroatoms. The summed E-state index contributed by atoms with van der Waals surface area (Å²) in [6, 6.07) is 0. The van der Waals surface area contributed by atoms with E-state index in [0.717, 1.165) is 6.92 Å². The van der Waals surface area contributed by atoms with Crippen LogP contribution in [0.15, 0.2) is 0 Å². The van der Waals surface area contributed by atoms with Crippen LogP contribution in [-0.4, -0.2) is 16.6 Å². The van der Waals surface area contributed by atoms with Crippen molar-refractivity contribution in [3.63, 3.8) is 0 Å². The summed E-state index contributed by atoms with van der Waals surface area (Å²) in [4.78, 5) is 9.00. The second-order valence-electron chi connectivity index (χ2n) is 0.519. The molecule has 0 heterocycles. The molecule has 0 saturated heterocycles. The minimum absolute atomic E-state index is 0. The molecule has 0 aliphatic carbocycles. The number of hydrogen-bond acceptors (Lipinski definition) is 1. The van der Waals surface area contributed by atoms with Gasteiger partial charge in [0.25, 0.3) is 5.97 Å². The molecule has 0 unspecified atom stereocenters. The van der Waals surface area contributed by atoms with Crippen molar-refractivity contribution in [3.8, 4) is 0 Å². The zero-order valence-corrected chi connectivity index (χ0v) is 4.77. The van der Waals surface area contributed by atoms with Crippen LogP contribution in [0.2, 0.25) is 0 Å². The molecule has 0 spiro atoms. The average molecular weight is 253 g/mol. The Morgan fingerprint density at radius 2 is 1.67 bits per heavy atom. The largest absolute Gasteiger partial charge is 3.00 e. The first kappa shape index (κ1) is 15.9. The van der Waals surface area contributed by atoms with Gasteiger partial charge in [-0.25, -0.2) is 0 Å². The van der Waals surface area contributed by atoms with Crippen molar-refractivity contribution >= 4 is 5.97 Å². The predicted molar refractivity (Wildman–Crippen MR) is 16.9 cm³/mol. The van der Waals surface area contributed by atoms with Gasteiger partial charge in [0, 0.05) is 6.92 Å². The summed E-state index contributed by atoms with van der Waals surface area (Å²) in [6.07, 6.45) is 0. The molecule has 0 bridgehead atoms. The van der Waals surface area contributed by atoms with Crippen molar-refractivity contribution in [2.45, 2.75) is 6.92 Å². The molecule has 0 aromatic carbocycles. The molecular weight excluding hydrogens is 247 g/mol. The standard InChI is InChI=1S/C2H4O2.Lu.H2O/c1-2(3)4;;/h1H3,(H,3,4);;1H2/q;+3;. The van der Waals surface area contributed by atoms with E-state index in [9.17, 15) is 0 Å². The van der Waals surface area contributed by atoms with Crippen LogP contribution in [0.1, 0.15) is 6.92 Å². The van der Waals surface area contributed by atoms with Crippen molar-refractivity contribution in [2.75, 3.05) is 0 Å². The Labute approximate surface area is 64.8 Å². The van der Waals surface area contributed by atoms with Gasteiger partial charge in [0.1, 0.15) is 0 Å². The van der Waals surface area contributed by atoms with Crippen LogP contribution in [0.4, 0.5) is 0 Å². The van der Waals surface area contributed by atoms with E-state index in [-0.39, 0.29) is 42.4 Å². The summed E-state index contributed by atoms with van der Waals surface area (Å²) >= 11 is 0. The van der Waals surface area contributed by atoms with Gasteiger partial charge in [-0.3, -0.25) is 4.79 Å². The summed E-state index contributed by atoms with van der Waals surface area (Å²) in [6.45, 7) is 1.08. The first-order valence-electron chi connectivity index (χ1n) is 0.928. The Kier molecular flexibility index (Phi) is 24.4. The number of hydrogen-bond donors (Lipinski definition) is 1. The van der Waals surface area contributed by atoms with E-state index in [2.05, 4.69) is 0 Å². The van der Waals surface area contributed by atoms with Gasteiger partial charge >= 0.3 is 36.9 Å². The minimum atomic E-state index is -0.833. The quantitative estimate of drug-likeness (QED) is 0.618. The fraction of sp³-hybridized carbons (Fsp3) is 0.500. The maximum atomic E-state index is 9.00. The Bertz CT molecular complexity index is 31.8. The van der Waals surface area contributed by atoms with Gasteiger partial charge in [-0.2, -0.15) is 0 Å². The second-order valence-corrected chi connectivity index (χ2v) is 0.519. The third kappa shape index (κ3) is 142. The molecule has 0 fully saturated rings. The van der Waals surface area contributed by atoms with Crippen molar-refractivity contribution in [2.24, 2.45) is 0 Å². The van der Waals surface area contributed by atoms with E-state index in [1.54, 1.807) is 0 Å². The third-order valence-electron chi connectivity index (χ3n) is 0. The molecule has 3 nitrogen and oxygen atoms in total. The van der Waals surface area contributed by atoms with E-state index in [4.69, 9.17) is 9.90 Å². The molecule has 0 rings (SSSR count). The average Bonchev–Trinajstić information content (AvgIpc) is 0.811. The first-order valence-corrected chi connectivity index (χ1v) is 0.928. The fourth-order valence-electron chi connectivity index (χ4n) is 0. The Morgan fingerprint density at radius 1 is 1.67 bits per heavy atom. The molecule has 0 aromatic heterocycles. The topological polar surface area (TPSA) is 68.8 Å². The summed E-state index contributed by atoms with van der Waals surface area (Å²) in [5.41, 5.74) is 0. The van der Waals surface area contributed by atoms with E-state index >= 15 is 0 Å². The molecule has 0 aliphatic rings. The molecule has 3 N–H and O–H groups in total. The van der Waals surface area contributed by atoms with Gasteiger partial charge in [-0.15, -0.1) is 0 Å². The van der Waals surface area contributed by atoms with Crippen LogP contribution < -0.4 is 0 Å². The van der Waals surface area contributed by atoms with E-state index in [1.807, 2.05) is 0 Å². The van der Waals surface area contributed by atoms with Gasteiger partial charge in [0.15, 0.2) is 0 Å². The SMILES string of the molecule is CC(=O)O.O.[Lu+3]. The fourth-order valence-corrected chi connectivity index (χ4v) is 0. The molecule has 0 aliphatic heterocycles.